The van der Waals surface area contributed by atoms with Crippen LogP contribution in [0.25, 0.3) is 5.69 Å². The van der Waals surface area contributed by atoms with Crippen LogP contribution < -0.4 is 11.3 Å². The average Bonchev–Trinajstić information content (AvgIpc) is 2.58. The highest BCUT2D eigenvalue weighted by Crippen LogP contribution is 2.15. The highest BCUT2D eigenvalue weighted by atomic mass is 35.5. The van der Waals surface area contributed by atoms with Gasteiger partial charge in [0.2, 0.25) is 0 Å². The van der Waals surface area contributed by atoms with Gasteiger partial charge in [0.1, 0.15) is 5.69 Å². The summed E-state index contributed by atoms with van der Waals surface area (Å²) in [5.41, 5.74) is 7.41. The average molecular weight is 266 g/mol. The van der Waals surface area contributed by atoms with Crippen molar-refractivity contribution in [3.05, 3.63) is 45.3 Å². The molecule has 0 aliphatic heterocycles. The molecular formula is C13H16ClN3O. The third kappa shape index (κ3) is 2.43. The van der Waals surface area contributed by atoms with Gasteiger partial charge < -0.3 is 5.73 Å². The molecule has 96 valence electrons. The van der Waals surface area contributed by atoms with Crippen molar-refractivity contribution in [2.24, 2.45) is 5.92 Å². The number of rotatable bonds is 3. The van der Waals surface area contributed by atoms with Crippen molar-refractivity contribution < 1.29 is 0 Å². The van der Waals surface area contributed by atoms with Crippen LogP contribution in [0.1, 0.15) is 19.5 Å². The second kappa shape index (κ2) is 4.90. The van der Waals surface area contributed by atoms with Crippen molar-refractivity contribution in [3.63, 3.8) is 0 Å². The first kappa shape index (κ1) is 12.8. The minimum absolute atomic E-state index is 0.215. The minimum Gasteiger partial charge on any atom is -0.393 e. The van der Waals surface area contributed by atoms with E-state index in [4.69, 9.17) is 17.3 Å². The lowest BCUT2D eigenvalue weighted by Crippen LogP contribution is -2.16. The van der Waals surface area contributed by atoms with Gasteiger partial charge in [-0.3, -0.25) is 9.89 Å². The fraction of sp³-hybridized carbons (Fsp3) is 0.308. The summed E-state index contributed by atoms with van der Waals surface area (Å²) in [6, 6.07) is 7.03. The van der Waals surface area contributed by atoms with Crippen molar-refractivity contribution in [2.75, 3.05) is 5.73 Å². The molecule has 0 atom stereocenters. The van der Waals surface area contributed by atoms with Gasteiger partial charge in [0.15, 0.2) is 0 Å². The van der Waals surface area contributed by atoms with Gasteiger partial charge in [0, 0.05) is 5.02 Å². The molecule has 5 heteroatoms. The van der Waals surface area contributed by atoms with Gasteiger partial charge in [0.05, 0.1) is 11.4 Å². The first-order valence-corrected chi connectivity index (χ1v) is 6.22. The zero-order valence-electron chi connectivity index (χ0n) is 10.4. The lowest BCUT2D eigenvalue weighted by atomic mass is 10.1. The smallest absolute Gasteiger partial charge is 0.294 e. The molecule has 0 aliphatic carbocycles. The Morgan fingerprint density at radius 2 is 1.94 bits per heavy atom. The van der Waals surface area contributed by atoms with Crippen molar-refractivity contribution in [3.8, 4) is 5.69 Å². The maximum absolute atomic E-state index is 12.0. The number of halogens is 1. The number of nitrogens with zero attached hydrogens (tertiary/aromatic N) is 1. The molecule has 1 aromatic heterocycles. The molecule has 3 N–H and O–H groups in total. The zero-order chi connectivity index (χ0) is 13.3. The van der Waals surface area contributed by atoms with Crippen LogP contribution in [0.15, 0.2) is 29.1 Å². The van der Waals surface area contributed by atoms with E-state index in [-0.39, 0.29) is 5.56 Å². The Morgan fingerprint density at radius 3 is 2.50 bits per heavy atom. The van der Waals surface area contributed by atoms with Crippen molar-refractivity contribution in [1.29, 1.82) is 0 Å². The Labute approximate surface area is 110 Å². The number of H-pyrrole nitrogens is 1. The molecule has 0 unspecified atom stereocenters. The SMILES string of the molecule is CC(C)Cc1[nH]n(-c2ccc(Cl)cc2)c(=O)c1N. The molecule has 0 radical (unpaired) electrons. The standard InChI is InChI=1S/C13H16ClN3O/c1-8(2)7-11-12(15)13(18)17(16-11)10-5-3-9(14)4-6-10/h3-6,8,16H,7,15H2,1-2H3. The highest BCUT2D eigenvalue weighted by molar-refractivity contribution is 6.30. The topological polar surface area (TPSA) is 63.8 Å². The molecule has 2 aromatic rings. The predicted octanol–water partition coefficient (Wildman–Crippen LogP) is 2.60. The monoisotopic (exact) mass is 265 g/mol. The second-order valence-corrected chi connectivity index (χ2v) is 5.16. The van der Waals surface area contributed by atoms with Crippen LogP contribution in [-0.4, -0.2) is 9.78 Å². The number of nitrogens with two attached hydrogens (primary N) is 1. The van der Waals surface area contributed by atoms with E-state index in [1.165, 1.54) is 4.68 Å². The fourth-order valence-electron chi connectivity index (χ4n) is 1.83. The predicted molar refractivity (Wildman–Crippen MR) is 74.4 cm³/mol. The normalized spacial score (nSPS) is 11.1. The quantitative estimate of drug-likeness (QED) is 0.896. The molecule has 0 amide bonds. The summed E-state index contributed by atoms with van der Waals surface area (Å²) in [5.74, 6) is 0.434. The third-order valence-corrected chi connectivity index (χ3v) is 2.95. The third-order valence-electron chi connectivity index (χ3n) is 2.70. The van der Waals surface area contributed by atoms with Crippen molar-refractivity contribution >= 4 is 17.3 Å². The first-order valence-electron chi connectivity index (χ1n) is 5.84. The number of anilines is 1. The van der Waals surface area contributed by atoms with Crippen LogP contribution in [0.5, 0.6) is 0 Å². The number of aromatic nitrogens is 2. The van der Waals surface area contributed by atoms with Crippen LogP contribution >= 0.6 is 11.6 Å². The maximum Gasteiger partial charge on any atom is 0.294 e. The van der Waals surface area contributed by atoms with E-state index in [0.717, 1.165) is 17.8 Å². The molecule has 0 bridgehead atoms. The van der Waals surface area contributed by atoms with Gasteiger partial charge in [-0.2, -0.15) is 0 Å². The lowest BCUT2D eigenvalue weighted by molar-refractivity contribution is 0.628. The largest absolute Gasteiger partial charge is 0.393 e. The number of hydrogen-bond donors (Lipinski definition) is 2. The summed E-state index contributed by atoms with van der Waals surface area (Å²) in [6.07, 6.45) is 0.752. The molecule has 0 fully saturated rings. The Bertz CT molecular complexity index is 596. The number of benzene rings is 1. The summed E-state index contributed by atoms with van der Waals surface area (Å²) in [5, 5.41) is 3.69. The second-order valence-electron chi connectivity index (χ2n) is 4.72. The summed E-state index contributed by atoms with van der Waals surface area (Å²) in [6.45, 7) is 4.16. The van der Waals surface area contributed by atoms with Gasteiger partial charge in [-0.1, -0.05) is 25.4 Å². The van der Waals surface area contributed by atoms with Crippen LogP contribution in [0.2, 0.25) is 5.02 Å². The molecule has 1 heterocycles. The zero-order valence-corrected chi connectivity index (χ0v) is 11.2. The van der Waals surface area contributed by atoms with Gasteiger partial charge >= 0.3 is 0 Å². The fourth-order valence-corrected chi connectivity index (χ4v) is 1.96. The molecule has 0 aliphatic rings. The first-order chi connectivity index (χ1) is 8.49. The van der Waals surface area contributed by atoms with E-state index in [9.17, 15) is 4.79 Å². The molecule has 4 nitrogen and oxygen atoms in total. The van der Waals surface area contributed by atoms with Crippen LogP contribution in [0.3, 0.4) is 0 Å². The molecule has 1 aromatic carbocycles. The van der Waals surface area contributed by atoms with E-state index < -0.39 is 0 Å². The molecule has 18 heavy (non-hydrogen) atoms. The van der Waals surface area contributed by atoms with E-state index >= 15 is 0 Å². The Morgan fingerprint density at radius 1 is 1.33 bits per heavy atom. The molecule has 0 saturated carbocycles. The summed E-state index contributed by atoms with van der Waals surface area (Å²) >= 11 is 5.82. The van der Waals surface area contributed by atoms with E-state index in [1.807, 2.05) is 0 Å². The van der Waals surface area contributed by atoms with Gasteiger partial charge in [-0.25, -0.2) is 4.68 Å². The van der Waals surface area contributed by atoms with Crippen molar-refractivity contribution in [2.45, 2.75) is 20.3 Å². The molecule has 0 saturated heterocycles. The summed E-state index contributed by atoms with van der Waals surface area (Å²) in [4.78, 5) is 12.0. The number of hydrogen-bond acceptors (Lipinski definition) is 2. The van der Waals surface area contributed by atoms with E-state index in [0.29, 0.717) is 16.6 Å². The number of nitrogens with one attached hydrogen (secondary N) is 1. The Balaban J connectivity index is 2.46. The molecular weight excluding hydrogens is 250 g/mol. The summed E-state index contributed by atoms with van der Waals surface area (Å²) < 4.78 is 1.45. The van der Waals surface area contributed by atoms with E-state index in [2.05, 4.69) is 18.9 Å². The molecule has 0 spiro atoms. The van der Waals surface area contributed by atoms with Crippen molar-refractivity contribution in [1.82, 2.24) is 9.78 Å². The number of nitrogen functional groups attached to an aromatic ring is 1. The van der Waals surface area contributed by atoms with Crippen LogP contribution in [0.4, 0.5) is 5.69 Å². The van der Waals surface area contributed by atoms with Gasteiger partial charge in [-0.15, -0.1) is 0 Å². The highest BCUT2D eigenvalue weighted by Gasteiger charge is 2.13. The maximum atomic E-state index is 12.0. The Kier molecular flexibility index (Phi) is 3.48. The van der Waals surface area contributed by atoms with Crippen LogP contribution in [-0.2, 0) is 6.42 Å². The molecule has 2 rings (SSSR count). The van der Waals surface area contributed by atoms with Crippen LogP contribution in [0, 0.1) is 5.92 Å². The Hall–Kier alpha value is -1.68. The summed E-state index contributed by atoms with van der Waals surface area (Å²) in [7, 11) is 0. The van der Waals surface area contributed by atoms with Gasteiger partial charge in [0.25, 0.3) is 5.56 Å². The minimum atomic E-state index is -0.215. The van der Waals surface area contributed by atoms with Gasteiger partial charge in [-0.05, 0) is 36.6 Å². The lowest BCUT2D eigenvalue weighted by Gasteiger charge is -2.03. The van der Waals surface area contributed by atoms with E-state index in [1.54, 1.807) is 24.3 Å². The number of aromatic amines is 1.